The summed E-state index contributed by atoms with van der Waals surface area (Å²) in [6, 6.07) is 14.6. The van der Waals surface area contributed by atoms with E-state index in [0.717, 1.165) is 15.6 Å². The highest BCUT2D eigenvalue weighted by atomic mass is 79.9. The minimum Gasteiger partial charge on any atom is -0.192 e. The third kappa shape index (κ3) is 2.71. The minimum atomic E-state index is 0.458. The number of nitriles is 2. The zero-order chi connectivity index (χ0) is 13.1. The van der Waals surface area contributed by atoms with Crippen LogP contribution in [0.15, 0.2) is 40.9 Å². The molecule has 0 aliphatic carbocycles. The van der Waals surface area contributed by atoms with E-state index in [4.69, 9.17) is 22.1 Å². The summed E-state index contributed by atoms with van der Waals surface area (Å²) in [5.74, 6) is 0. The van der Waals surface area contributed by atoms with E-state index in [1.54, 1.807) is 30.3 Å². The van der Waals surface area contributed by atoms with Crippen LogP contribution in [0, 0.1) is 22.7 Å². The van der Waals surface area contributed by atoms with Crippen LogP contribution in [0.5, 0.6) is 0 Å². The maximum absolute atomic E-state index is 8.94. The highest BCUT2D eigenvalue weighted by Gasteiger charge is 2.05. The number of benzene rings is 2. The van der Waals surface area contributed by atoms with Gasteiger partial charge in [-0.2, -0.15) is 10.5 Å². The SMILES string of the molecule is N#Cc1cc(C#N)cc(-c2cc(Cl)cc(Br)c2)c1. The fraction of sp³-hybridized carbons (Fsp3) is 0. The second-order valence-electron chi connectivity index (χ2n) is 3.68. The molecule has 2 aromatic rings. The molecule has 0 saturated heterocycles. The van der Waals surface area contributed by atoms with Gasteiger partial charge in [-0.15, -0.1) is 0 Å². The lowest BCUT2D eigenvalue weighted by atomic mass is 10.0. The van der Waals surface area contributed by atoms with Crippen LogP contribution in [0.1, 0.15) is 11.1 Å². The smallest absolute Gasteiger partial charge is 0.0992 e. The Morgan fingerprint density at radius 1 is 0.833 bits per heavy atom. The van der Waals surface area contributed by atoms with Gasteiger partial charge in [0.25, 0.3) is 0 Å². The molecule has 0 aliphatic rings. The monoisotopic (exact) mass is 316 g/mol. The highest BCUT2D eigenvalue weighted by Crippen LogP contribution is 2.28. The van der Waals surface area contributed by atoms with Crippen LogP contribution in [0.3, 0.4) is 0 Å². The largest absolute Gasteiger partial charge is 0.192 e. The molecule has 0 aromatic heterocycles. The van der Waals surface area contributed by atoms with Crippen LogP contribution in [0.4, 0.5) is 0 Å². The average molecular weight is 318 g/mol. The van der Waals surface area contributed by atoms with Crippen molar-refractivity contribution in [3.8, 4) is 23.3 Å². The summed E-state index contributed by atoms with van der Waals surface area (Å²) in [7, 11) is 0. The molecule has 0 unspecified atom stereocenters. The number of nitrogens with zero attached hydrogens (tertiary/aromatic N) is 2. The van der Waals surface area contributed by atoms with E-state index in [-0.39, 0.29) is 0 Å². The lowest BCUT2D eigenvalue weighted by molar-refractivity contribution is 1.44. The predicted octanol–water partition coefficient (Wildman–Crippen LogP) is 4.51. The van der Waals surface area contributed by atoms with Crippen molar-refractivity contribution in [2.45, 2.75) is 0 Å². The standard InChI is InChI=1S/C14H6BrClN2/c15-13-4-12(5-14(16)6-13)11-2-9(7-17)1-10(3-11)8-18/h1-6H. The molecule has 0 fully saturated rings. The molecule has 0 heterocycles. The predicted molar refractivity (Wildman–Crippen MR) is 74.0 cm³/mol. The molecule has 2 rings (SSSR count). The molecular weight excluding hydrogens is 312 g/mol. The molecule has 2 aromatic carbocycles. The maximum atomic E-state index is 8.94. The molecule has 0 saturated carbocycles. The molecule has 0 spiro atoms. The van der Waals surface area contributed by atoms with Crippen LogP contribution in [-0.2, 0) is 0 Å². The topological polar surface area (TPSA) is 47.6 Å². The fourth-order valence-electron chi connectivity index (χ4n) is 1.64. The van der Waals surface area contributed by atoms with Crippen molar-refractivity contribution in [1.29, 1.82) is 10.5 Å². The van der Waals surface area contributed by atoms with Gasteiger partial charge in [0.15, 0.2) is 0 Å². The Balaban J connectivity index is 2.64. The highest BCUT2D eigenvalue weighted by molar-refractivity contribution is 9.10. The van der Waals surface area contributed by atoms with Gasteiger partial charge in [0.2, 0.25) is 0 Å². The lowest BCUT2D eigenvalue weighted by Crippen LogP contribution is -1.85. The number of halogens is 2. The normalized spacial score (nSPS) is 9.56. The summed E-state index contributed by atoms with van der Waals surface area (Å²) in [4.78, 5) is 0. The van der Waals surface area contributed by atoms with Gasteiger partial charge in [-0.25, -0.2) is 0 Å². The Hall–Kier alpha value is -1.81. The summed E-state index contributed by atoms with van der Waals surface area (Å²) in [5.41, 5.74) is 2.58. The van der Waals surface area contributed by atoms with Gasteiger partial charge < -0.3 is 0 Å². The van der Waals surface area contributed by atoms with E-state index in [1.807, 2.05) is 18.2 Å². The minimum absolute atomic E-state index is 0.458. The van der Waals surface area contributed by atoms with Crippen molar-refractivity contribution in [3.05, 3.63) is 57.0 Å². The first-order chi connectivity index (χ1) is 8.62. The molecule has 0 radical (unpaired) electrons. The molecule has 0 aliphatic heterocycles. The fourth-order valence-corrected chi connectivity index (χ4v) is 2.50. The van der Waals surface area contributed by atoms with Crippen LogP contribution in [-0.4, -0.2) is 0 Å². The lowest BCUT2D eigenvalue weighted by Gasteiger charge is -2.05. The Morgan fingerprint density at radius 3 is 1.89 bits per heavy atom. The van der Waals surface area contributed by atoms with E-state index >= 15 is 0 Å². The van der Waals surface area contributed by atoms with Crippen molar-refractivity contribution >= 4 is 27.5 Å². The summed E-state index contributed by atoms with van der Waals surface area (Å²) >= 11 is 9.35. The first-order valence-electron chi connectivity index (χ1n) is 5.04. The van der Waals surface area contributed by atoms with Gasteiger partial charge in [-0.3, -0.25) is 0 Å². The van der Waals surface area contributed by atoms with Crippen molar-refractivity contribution in [3.63, 3.8) is 0 Å². The first-order valence-corrected chi connectivity index (χ1v) is 6.21. The third-order valence-electron chi connectivity index (χ3n) is 2.39. The van der Waals surface area contributed by atoms with Crippen LogP contribution in [0.2, 0.25) is 5.02 Å². The van der Waals surface area contributed by atoms with Gasteiger partial charge in [-0.1, -0.05) is 27.5 Å². The number of hydrogen-bond acceptors (Lipinski definition) is 2. The average Bonchev–Trinajstić information content (AvgIpc) is 2.37. The van der Waals surface area contributed by atoms with E-state index < -0.39 is 0 Å². The van der Waals surface area contributed by atoms with Gasteiger partial charge >= 0.3 is 0 Å². The van der Waals surface area contributed by atoms with E-state index in [0.29, 0.717) is 16.1 Å². The summed E-state index contributed by atoms with van der Waals surface area (Å²) in [5, 5.41) is 18.5. The summed E-state index contributed by atoms with van der Waals surface area (Å²) < 4.78 is 0.853. The molecule has 18 heavy (non-hydrogen) atoms. The molecule has 0 atom stereocenters. The van der Waals surface area contributed by atoms with Crippen molar-refractivity contribution in [2.75, 3.05) is 0 Å². The zero-order valence-corrected chi connectivity index (χ0v) is 11.5. The Morgan fingerprint density at radius 2 is 1.39 bits per heavy atom. The number of rotatable bonds is 1. The Labute approximate surface area is 118 Å². The van der Waals surface area contributed by atoms with Crippen LogP contribution in [0.25, 0.3) is 11.1 Å². The van der Waals surface area contributed by atoms with Crippen molar-refractivity contribution < 1.29 is 0 Å². The first kappa shape index (κ1) is 12.6. The molecule has 86 valence electrons. The zero-order valence-electron chi connectivity index (χ0n) is 9.11. The Kier molecular flexibility index (Phi) is 3.67. The van der Waals surface area contributed by atoms with Crippen molar-refractivity contribution in [2.24, 2.45) is 0 Å². The van der Waals surface area contributed by atoms with Gasteiger partial charge in [0.05, 0.1) is 23.3 Å². The summed E-state index contributed by atoms with van der Waals surface area (Å²) in [6.45, 7) is 0. The third-order valence-corrected chi connectivity index (χ3v) is 3.06. The number of hydrogen-bond donors (Lipinski definition) is 0. The van der Waals surface area contributed by atoms with E-state index in [1.165, 1.54) is 0 Å². The Bertz CT molecular complexity index is 643. The second kappa shape index (κ2) is 5.23. The summed E-state index contributed by atoms with van der Waals surface area (Å²) in [6.07, 6.45) is 0. The molecule has 0 N–H and O–H groups in total. The van der Waals surface area contributed by atoms with Gasteiger partial charge in [-0.05, 0) is 47.5 Å². The molecular formula is C14H6BrClN2. The van der Waals surface area contributed by atoms with Gasteiger partial charge in [0.1, 0.15) is 0 Å². The molecule has 0 bridgehead atoms. The molecule has 2 nitrogen and oxygen atoms in total. The van der Waals surface area contributed by atoms with Crippen LogP contribution >= 0.6 is 27.5 Å². The quantitative estimate of drug-likeness (QED) is 0.776. The second-order valence-corrected chi connectivity index (χ2v) is 5.03. The van der Waals surface area contributed by atoms with Crippen molar-refractivity contribution in [1.82, 2.24) is 0 Å². The molecule has 4 heteroatoms. The van der Waals surface area contributed by atoms with Crippen LogP contribution < -0.4 is 0 Å². The van der Waals surface area contributed by atoms with E-state index in [2.05, 4.69) is 15.9 Å². The van der Waals surface area contributed by atoms with Gasteiger partial charge in [0, 0.05) is 9.50 Å². The van der Waals surface area contributed by atoms with E-state index in [9.17, 15) is 0 Å². The molecule has 0 amide bonds. The maximum Gasteiger partial charge on any atom is 0.0992 e.